The van der Waals surface area contributed by atoms with Crippen LogP contribution in [-0.2, 0) is 14.3 Å². The van der Waals surface area contributed by atoms with Crippen LogP contribution in [0.3, 0.4) is 0 Å². The molecule has 3 amide bonds. The smallest absolute Gasteiger partial charge is 0.413 e. The van der Waals surface area contributed by atoms with E-state index in [0.29, 0.717) is 19.4 Å². The van der Waals surface area contributed by atoms with Gasteiger partial charge in [0.2, 0.25) is 24.0 Å². The first-order chi connectivity index (χ1) is 13.5. The van der Waals surface area contributed by atoms with E-state index in [-0.39, 0.29) is 19.0 Å². The Balaban J connectivity index is 1.60. The van der Waals surface area contributed by atoms with Crippen molar-refractivity contribution in [3.05, 3.63) is 12.3 Å². The van der Waals surface area contributed by atoms with Gasteiger partial charge in [-0.05, 0) is 12.8 Å². The van der Waals surface area contributed by atoms with E-state index in [2.05, 4.69) is 15.5 Å². The van der Waals surface area contributed by atoms with Gasteiger partial charge in [-0.2, -0.15) is 0 Å². The average molecular weight is 413 g/mol. The predicted octanol–water partition coefficient (Wildman–Crippen LogP) is -1.92. The minimum atomic E-state index is -1.99. The topological polar surface area (TPSA) is 179 Å². The fourth-order valence-corrected chi connectivity index (χ4v) is 3.56. The molecule has 2 aliphatic rings. The molecule has 0 saturated carbocycles. The normalized spacial score (nSPS) is 22.8. The molecule has 0 bridgehead atoms. The van der Waals surface area contributed by atoms with Crippen LogP contribution in [-0.4, -0.2) is 90.5 Å². The molecular formula is C16H23N5O8. The first kappa shape index (κ1) is 21.0. The number of amides is 3. The average Bonchev–Trinajstić information content (AvgIpc) is 3.28. The lowest BCUT2D eigenvalue weighted by molar-refractivity contribution is -0.170. The molecule has 0 radical (unpaired) electrons. The number of ether oxygens (including phenoxy) is 1. The van der Waals surface area contributed by atoms with Crippen LogP contribution in [0.4, 0.5) is 4.79 Å². The van der Waals surface area contributed by atoms with E-state index in [1.54, 1.807) is 0 Å². The highest BCUT2D eigenvalue weighted by Crippen LogP contribution is 2.39. The Morgan fingerprint density at radius 1 is 1.45 bits per heavy atom. The molecule has 13 heteroatoms. The van der Waals surface area contributed by atoms with Crippen LogP contribution in [0.15, 0.2) is 10.8 Å². The van der Waals surface area contributed by atoms with Gasteiger partial charge in [-0.1, -0.05) is 0 Å². The SMILES string of the molecule is CC(C)(O)OC(=O)N1CCCC12CN(CC(=O)NC(c1nnco1)C(O)O)C2=O. The van der Waals surface area contributed by atoms with Crippen LogP contribution < -0.4 is 5.32 Å². The van der Waals surface area contributed by atoms with Crippen molar-refractivity contribution in [2.24, 2.45) is 0 Å². The number of hydrogen-bond donors (Lipinski definition) is 4. The number of aliphatic hydroxyl groups is 3. The molecule has 1 aromatic heterocycles. The second-order valence-electron chi connectivity index (χ2n) is 7.50. The minimum absolute atomic E-state index is 0.118. The lowest BCUT2D eigenvalue weighted by Crippen LogP contribution is -2.73. The largest absolute Gasteiger partial charge is 0.426 e. The molecule has 3 heterocycles. The second-order valence-corrected chi connectivity index (χ2v) is 7.50. The number of aliphatic hydroxyl groups excluding tert-OH is 1. The molecule has 1 aromatic rings. The van der Waals surface area contributed by atoms with Gasteiger partial charge >= 0.3 is 6.09 Å². The summed E-state index contributed by atoms with van der Waals surface area (Å²) in [6.07, 6.45) is -0.804. The zero-order valence-electron chi connectivity index (χ0n) is 15.9. The molecule has 1 spiro atoms. The highest BCUT2D eigenvalue weighted by atomic mass is 16.7. The summed E-state index contributed by atoms with van der Waals surface area (Å²) < 4.78 is 9.82. The molecule has 2 aliphatic heterocycles. The summed E-state index contributed by atoms with van der Waals surface area (Å²) in [5.41, 5.74) is -1.09. The molecule has 4 N–H and O–H groups in total. The Labute approximate surface area is 165 Å². The summed E-state index contributed by atoms with van der Waals surface area (Å²) in [7, 11) is 0. The van der Waals surface area contributed by atoms with Crippen LogP contribution in [0, 0.1) is 0 Å². The summed E-state index contributed by atoms with van der Waals surface area (Å²) in [5.74, 6) is -2.97. The molecule has 0 aliphatic carbocycles. The number of rotatable bonds is 6. The summed E-state index contributed by atoms with van der Waals surface area (Å²) in [6, 6.07) is -1.35. The molecule has 29 heavy (non-hydrogen) atoms. The van der Waals surface area contributed by atoms with Crippen molar-refractivity contribution in [2.45, 2.75) is 50.3 Å². The van der Waals surface area contributed by atoms with Gasteiger partial charge in [0.1, 0.15) is 5.54 Å². The van der Waals surface area contributed by atoms with Gasteiger partial charge in [-0.3, -0.25) is 14.5 Å². The summed E-state index contributed by atoms with van der Waals surface area (Å²) in [4.78, 5) is 39.8. The maximum atomic E-state index is 12.7. The van der Waals surface area contributed by atoms with Crippen LogP contribution >= 0.6 is 0 Å². The van der Waals surface area contributed by atoms with Gasteiger partial charge in [0.05, 0.1) is 13.1 Å². The molecule has 2 unspecified atom stereocenters. The highest BCUT2D eigenvalue weighted by Gasteiger charge is 2.60. The summed E-state index contributed by atoms with van der Waals surface area (Å²) in [6.45, 7) is 2.68. The van der Waals surface area contributed by atoms with Crippen LogP contribution in [0.5, 0.6) is 0 Å². The third kappa shape index (κ3) is 4.16. The quantitative estimate of drug-likeness (QED) is 0.303. The lowest BCUT2D eigenvalue weighted by atomic mass is 9.85. The number of hydrogen-bond acceptors (Lipinski definition) is 10. The standard InChI is InChI=1S/C16H23N5O8/c1-15(2,27)29-14(26)21-5-3-4-16(21)7-20(13(16)25)6-9(22)18-10(12(23)24)11-19-17-8-28-11/h8,10,12,23-24,27H,3-7H2,1-2H3,(H,18,22). The molecule has 160 valence electrons. The minimum Gasteiger partial charge on any atom is -0.426 e. The monoisotopic (exact) mass is 413 g/mol. The number of carbonyl (C=O) groups excluding carboxylic acids is 3. The zero-order valence-corrected chi connectivity index (χ0v) is 15.9. The molecule has 2 saturated heterocycles. The maximum absolute atomic E-state index is 12.7. The molecule has 13 nitrogen and oxygen atoms in total. The third-order valence-corrected chi connectivity index (χ3v) is 4.78. The number of carbonyl (C=O) groups is 3. The van der Waals surface area contributed by atoms with Gasteiger partial charge in [0, 0.05) is 20.4 Å². The van der Waals surface area contributed by atoms with Gasteiger partial charge in [0.15, 0.2) is 12.3 Å². The van der Waals surface area contributed by atoms with E-state index in [0.717, 1.165) is 6.39 Å². The van der Waals surface area contributed by atoms with Crippen molar-refractivity contribution in [1.82, 2.24) is 25.3 Å². The number of nitrogens with one attached hydrogen (secondary N) is 1. The van der Waals surface area contributed by atoms with Crippen molar-refractivity contribution in [3.8, 4) is 0 Å². The van der Waals surface area contributed by atoms with E-state index in [1.807, 2.05) is 0 Å². The van der Waals surface area contributed by atoms with Crippen molar-refractivity contribution in [2.75, 3.05) is 19.6 Å². The number of aromatic nitrogens is 2. The summed E-state index contributed by atoms with van der Waals surface area (Å²) in [5, 5.41) is 37.7. The van der Waals surface area contributed by atoms with Crippen LogP contribution in [0.25, 0.3) is 0 Å². The lowest BCUT2D eigenvalue weighted by Gasteiger charge is -2.50. The van der Waals surface area contributed by atoms with Crippen LogP contribution in [0.2, 0.25) is 0 Å². The molecular weight excluding hydrogens is 390 g/mol. The van der Waals surface area contributed by atoms with E-state index >= 15 is 0 Å². The van der Waals surface area contributed by atoms with E-state index in [1.165, 1.54) is 23.6 Å². The first-order valence-corrected chi connectivity index (χ1v) is 8.97. The maximum Gasteiger partial charge on any atom is 0.413 e. The van der Waals surface area contributed by atoms with Crippen molar-refractivity contribution >= 4 is 17.9 Å². The Hall–Kier alpha value is -2.77. The Morgan fingerprint density at radius 2 is 2.17 bits per heavy atom. The fraction of sp³-hybridized carbons (Fsp3) is 0.688. The van der Waals surface area contributed by atoms with Crippen molar-refractivity contribution in [1.29, 1.82) is 0 Å². The van der Waals surface area contributed by atoms with Gasteiger partial charge in [0.25, 0.3) is 5.91 Å². The highest BCUT2D eigenvalue weighted by molar-refractivity contribution is 5.98. The summed E-state index contributed by atoms with van der Waals surface area (Å²) >= 11 is 0. The fourth-order valence-electron chi connectivity index (χ4n) is 3.56. The Bertz CT molecular complexity index is 777. The number of β-lactam (4-membered cyclic amide) rings is 1. The second kappa shape index (κ2) is 7.57. The van der Waals surface area contributed by atoms with Gasteiger partial charge in [-0.15, -0.1) is 10.2 Å². The van der Waals surface area contributed by atoms with E-state index in [4.69, 9.17) is 9.15 Å². The first-order valence-electron chi connectivity index (χ1n) is 8.97. The van der Waals surface area contributed by atoms with E-state index in [9.17, 15) is 29.7 Å². The predicted molar refractivity (Wildman–Crippen MR) is 91.4 cm³/mol. The molecule has 0 aromatic carbocycles. The Morgan fingerprint density at radius 3 is 2.72 bits per heavy atom. The molecule has 2 atom stereocenters. The van der Waals surface area contributed by atoms with Gasteiger partial charge in [-0.25, -0.2) is 4.79 Å². The van der Waals surface area contributed by atoms with Crippen LogP contribution in [0.1, 0.15) is 38.6 Å². The Kier molecular flexibility index (Phi) is 5.47. The van der Waals surface area contributed by atoms with E-state index < -0.39 is 41.6 Å². The zero-order chi connectivity index (χ0) is 21.4. The molecule has 2 fully saturated rings. The molecule has 3 rings (SSSR count). The third-order valence-electron chi connectivity index (χ3n) is 4.78. The number of likely N-dealkylation sites (tertiary alicyclic amines) is 2. The van der Waals surface area contributed by atoms with Gasteiger partial charge < -0.3 is 34.7 Å². The number of nitrogens with zero attached hydrogens (tertiary/aromatic N) is 4. The van der Waals surface area contributed by atoms with Crippen molar-refractivity contribution in [3.63, 3.8) is 0 Å². The van der Waals surface area contributed by atoms with Crippen molar-refractivity contribution < 1.29 is 38.9 Å².